The van der Waals surface area contributed by atoms with E-state index < -0.39 is 0 Å². The van der Waals surface area contributed by atoms with Gasteiger partial charge in [0, 0.05) is 29.6 Å². The molecule has 1 N–H and O–H groups in total. The predicted octanol–water partition coefficient (Wildman–Crippen LogP) is 3.86. The average Bonchev–Trinajstić information content (AvgIpc) is 3.32. The second kappa shape index (κ2) is 6.30. The van der Waals surface area contributed by atoms with Gasteiger partial charge in [-0.15, -0.1) is 11.3 Å². The van der Waals surface area contributed by atoms with Crippen molar-refractivity contribution < 1.29 is 13.9 Å². The number of nitrogens with one attached hydrogen (secondary N) is 1. The summed E-state index contributed by atoms with van der Waals surface area (Å²) in [6.45, 7) is 1.84. The third-order valence-electron chi connectivity index (χ3n) is 3.93. The molecule has 0 aliphatic heterocycles. The molecule has 0 saturated heterocycles. The Morgan fingerprint density at radius 1 is 1.38 bits per heavy atom. The van der Waals surface area contributed by atoms with Crippen LogP contribution in [0.25, 0.3) is 22.4 Å². The summed E-state index contributed by atoms with van der Waals surface area (Å²) >= 11 is 1.33. The number of thiazole rings is 1. The number of methoxy groups -OCH3 is 1. The summed E-state index contributed by atoms with van der Waals surface area (Å²) < 4.78 is 12.8. The first-order valence-electron chi connectivity index (χ1n) is 7.89. The third-order valence-corrected chi connectivity index (χ3v) is 4.69. The monoisotopic (exact) mass is 368 g/mol. The normalized spacial score (nSPS) is 11.0. The molecule has 7 nitrogen and oxygen atoms in total. The zero-order valence-corrected chi connectivity index (χ0v) is 15.3. The van der Waals surface area contributed by atoms with Gasteiger partial charge in [-0.25, -0.2) is 4.98 Å². The van der Waals surface area contributed by atoms with Crippen molar-refractivity contribution in [1.82, 2.24) is 14.8 Å². The number of aromatic nitrogens is 3. The van der Waals surface area contributed by atoms with E-state index in [1.54, 1.807) is 25.0 Å². The fraction of sp³-hybridized carbons (Fsp3) is 0.167. The molecule has 0 bridgehead atoms. The number of ether oxygens (including phenoxy) is 1. The van der Waals surface area contributed by atoms with Gasteiger partial charge in [-0.1, -0.05) is 12.1 Å². The molecule has 0 saturated carbocycles. The van der Waals surface area contributed by atoms with Gasteiger partial charge < -0.3 is 9.15 Å². The van der Waals surface area contributed by atoms with Crippen molar-refractivity contribution in [3.63, 3.8) is 0 Å². The number of anilines is 1. The molecule has 1 amide bonds. The first-order chi connectivity index (χ1) is 12.5. The van der Waals surface area contributed by atoms with E-state index in [-0.39, 0.29) is 5.91 Å². The second-order valence-electron chi connectivity index (χ2n) is 5.82. The SMILES string of the molecule is COc1cccc2cc(-c3csc(NC(=O)c4nn(C)cc4C)n3)oc12. The number of hydrogen-bond acceptors (Lipinski definition) is 6. The largest absolute Gasteiger partial charge is 0.493 e. The summed E-state index contributed by atoms with van der Waals surface area (Å²) in [7, 11) is 3.38. The van der Waals surface area contributed by atoms with E-state index in [2.05, 4.69) is 15.4 Å². The lowest BCUT2D eigenvalue weighted by molar-refractivity contribution is 0.102. The summed E-state index contributed by atoms with van der Waals surface area (Å²) in [5, 5.41) is 10.2. The van der Waals surface area contributed by atoms with Crippen LogP contribution in [-0.2, 0) is 7.05 Å². The topological polar surface area (TPSA) is 82.2 Å². The average molecular weight is 368 g/mol. The quantitative estimate of drug-likeness (QED) is 0.591. The van der Waals surface area contributed by atoms with Gasteiger partial charge in [0.1, 0.15) is 5.69 Å². The number of aryl methyl sites for hydroxylation is 2. The molecule has 8 heteroatoms. The molecular formula is C18H16N4O3S. The molecule has 0 aliphatic carbocycles. The fourth-order valence-electron chi connectivity index (χ4n) is 2.76. The van der Waals surface area contributed by atoms with Crippen molar-refractivity contribution in [2.45, 2.75) is 6.92 Å². The van der Waals surface area contributed by atoms with Crippen LogP contribution in [-0.4, -0.2) is 27.8 Å². The Labute approximate surface area is 153 Å². The van der Waals surface area contributed by atoms with E-state index in [1.807, 2.05) is 36.6 Å². The number of furan rings is 1. The van der Waals surface area contributed by atoms with Crippen molar-refractivity contribution in [3.8, 4) is 17.2 Å². The highest BCUT2D eigenvalue weighted by atomic mass is 32.1. The minimum Gasteiger partial charge on any atom is -0.493 e. The molecule has 1 aromatic carbocycles. The molecule has 132 valence electrons. The van der Waals surface area contributed by atoms with Crippen molar-refractivity contribution in [3.05, 3.63) is 47.1 Å². The number of nitrogens with zero attached hydrogens (tertiary/aromatic N) is 3. The van der Waals surface area contributed by atoms with Crippen molar-refractivity contribution >= 4 is 33.3 Å². The molecule has 0 spiro atoms. The van der Waals surface area contributed by atoms with Crippen LogP contribution in [0.5, 0.6) is 5.75 Å². The Morgan fingerprint density at radius 3 is 2.96 bits per heavy atom. The van der Waals surface area contributed by atoms with E-state index in [9.17, 15) is 4.79 Å². The van der Waals surface area contributed by atoms with E-state index in [0.29, 0.717) is 33.6 Å². The minimum atomic E-state index is -0.282. The smallest absolute Gasteiger partial charge is 0.278 e. The van der Waals surface area contributed by atoms with Gasteiger partial charge in [-0.05, 0) is 19.1 Å². The fourth-order valence-corrected chi connectivity index (χ4v) is 3.45. The first kappa shape index (κ1) is 16.3. The Hall–Kier alpha value is -3.13. The zero-order valence-electron chi connectivity index (χ0n) is 14.4. The minimum absolute atomic E-state index is 0.282. The van der Waals surface area contributed by atoms with Gasteiger partial charge in [0.25, 0.3) is 5.91 Å². The van der Waals surface area contributed by atoms with Crippen LogP contribution in [0.4, 0.5) is 5.13 Å². The van der Waals surface area contributed by atoms with Gasteiger partial charge in [-0.3, -0.25) is 14.8 Å². The highest BCUT2D eigenvalue weighted by molar-refractivity contribution is 7.14. The van der Waals surface area contributed by atoms with E-state index in [4.69, 9.17) is 9.15 Å². The number of hydrogen-bond donors (Lipinski definition) is 1. The Bertz CT molecular complexity index is 1110. The number of amides is 1. The molecule has 0 radical (unpaired) electrons. The van der Waals surface area contributed by atoms with Crippen LogP contribution in [0.2, 0.25) is 0 Å². The number of carbonyl (C=O) groups excluding carboxylic acids is 1. The molecule has 4 aromatic rings. The number of rotatable bonds is 4. The van der Waals surface area contributed by atoms with Crippen molar-refractivity contribution in [2.24, 2.45) is 7.05 Å². The summed E-state index contributed by atoms with van der Waals surface area (Å²) in [4.78, 5) is 16.8. The summed E-state index contributed by atoms with van der Waals surface area (Å²) in [5.41, 5.74) is 2.53. The standard InChI is InChI=1S/C18H16N4O3S/c1-10-8-22(2)21-15(10)17(23)20-18-19-12(9-26-18)14-7-11-5-4-6-13(24-3)16(11)25-14/h4-9H,1-3H3,(H,19,20,23). The maximum Gasteiger partial charge on any atom is 0.278 e. The highest BCUT2D eigenvalue weighted by Crippen LogP contribution is 2.34. The van der Waals surface area contributed by atoms with Crippen LogP contribution >= 0.6 is 11.3 Å². The lowest BCUT2D eigenvalue weighted by Crippen LogP contribution is -2.13. The molecule has 26 heavy (non-hydrogen) atoms. The predicted molar refractivity (Wildman–Crippen MR) is 99.8 cm³/mol. The van der Waals surface area contributed by atoms with Gasteiger partial charge in [0.05, 0.1) is 7.11 Å². The third kappa shape index (κ3) is 2.84. The Balaban J connectivity index is 1.60. The van der Waals surface area contributed by atoms with E-state index in [1.165, 1.54) is 11.3 Å². The molecular weight excluding hydrogens is 352 g/mol. The lowest BCUT2D eigenvalue weighted by Gasteiger charge is -1.99. The Kier molecular flexibility index (Phi) is 3.96. The van der Waals surface area contributed by atoms with Gasteiger partial charge in [-0.2, -0.15) is 5.10 Å². The maximum atomic E-state index is 12.4. The molecule has 0 unspecified atom stereocenters. The number of carbonyl (C=O) groups is 1. The van der Waals surface area contributed by atoms with Gasteiger partial charge >= 0.3 is 0 Å². The van der Waals surface area contributed by atoms with Crippen LogP contribution < -0.4 is 10.1 Å². The van der Waals surface area contributed by atoms with E-state index >= 15 is 0 Å². The number of fused-ring (bicyclic) bond motifs is 1. The number of para-hydroxylation sites is 1. The number of benzene rings is 1. The van der Waals surface area contributed by atoms with Crippen molar-refractivity contribution in [2.75, 3.05) is 12.4 Å². The zero-order chi connectivity index (χ0) is 18.3. The summed E-state index contributed by atoms with van der Waals surface area (Å²) in [6.07, 6.45) is 1.80. The van der Waals surface area contributed by atoms with Crippen LogP contribution in [0.3, 0.4) is 0 Å². The molecule has 0 atom stereocenters. The summed E-state index contributed by atoms with van der Waals surface area (Å²) in [6, 6.07) is 7.60. The first-order valence-corrected chi connectivity index (χ1v) is 8.77. The maximum absolute atomic E-state index is 12.4. The van der Waals surface area contributed by atoms with Gasteiger partial charge in [0.2, 0.25) is 0 Å². The van der Waals surface area contributed by atoms with E-state index in [0.717, 1.165) is 10.9 Å². The molecule has 3 heterocycles. The van der Waals surface area contributed by atoms with Gasteiger partial charge in [0.15, 0.2) is 27.9 Å². The molecule has 0 aliphatic rings. The van der Waals surface area contributed by atoms with Crippen LogP contribution in [0, 0.1) is 6.92 Å². The molecule has 4 rings (SSSR count). The van der Waals surface area contributed by atoms with Crippen molar-refractivity contribution in [1.29, 1.82) is 0 Å². The highest BCUT2D eigenvalue weighted by Gasteiger charge is 2.17. The molecule has 0 fully saturated rings. The Morgan fingerprint density at radius 2 is 2.23 bits per heavy atom. The second-order valence-corrected chi connectivity index (χ2v) is 6.67. The van der Waals surface area contributed by atoms with Crippen LogP contribution in [0.1, 0.15) is 16.1 Å². The molecule has 3 aromatic heterocycles. The lowest BCUT2D eigenvalue weighted by atomic mass is 10.2. The summed E-state index contributed by atoms with van der Waals surface area (Å²) in [5.74, 6) is 1.01. The van der Waals surface area contributed by atoms with Crippen LogP contribution in [0.15, 0.2) is 40.3 Å².